The van der Waals surface area contributed by atoms with Crippen molar-refractivity contribution in [2.75, 3.05) is 36.9 Å². The number of hydrogen-bond acceptors (Lipinski definition) is 7. The predicted octanol–water partition coefficient (Wildman–Crippen LogP) is 1.48. The Kier molecular flexibility index (Phi) is 5.42. The van der Waals surface area contributed by atoms with Crippen molar-refractivity contribution in [2.24, 2.45) is 0 Å². The van der Waals surface area contributed by atoms with Crippen molar-refractivity contribution in [3.05, 3.63) is 30.4 Å². The van der Waals surface area contributed by atoms with Crippen LogP contribution < -0.4 is 9.46 Å². The summed E-state index contributed by atoms with van der Waals surface area (Å²) in [5, 5.41) is 0.461. The lowest BCUT2D eigenvalue weighted by atomic mass is 10.3. The molecule has 3 heterocycles. The number of nitrogens with zero attached hydrogens (tertiary/aromatic N) is 5. The number of methoxy groups -OCH3 is 1. The van der Waals surface area contributed by atoms with E-state index in [0.29, 0.717) is 36.3 Å². The maximum atomic E-state index is 12.9. The minimum Gasteiger partial charge on any atom is -0.481 e. The van der Waals surface area contributed by atoms with E-state index in [4.69, 9.17) is 4.74 Å². The Bertz CT molecular complexity index is 825. The number of aryl methyl sites for hydroxylation is 1. The highest BCUT2D eigenvalue weighted by Crippen LogP contribution is 2.31. The highest BCUT2D eigenvalue weighted by atomic mass is 32.3. The summed E-state index contributed by atoms with van der Waals surface area (Å²) in [6, 6.07) is 1.51. The molecule has 1 aliphatic heterocycles. The van der Waals surface area contributed by atoms with Crippen LogP contribution in [0.5, 0.6) is 5.88 Å². The topological polar surface area (TPSA) is 113 Å². The van der Waals surface area contributed by atoms with E-state index in [1.165, 1.54) is 35.5 Å². The summed E-state index contributed by atoms with van der Waals surface area (Å²) < 4.78 is 32.9. The molecule has 0 unspecified atom stereocenters. The number of aromatic nitrogens is 4. The van der Waals surface area contributed by atoms with Gasteiger partial charge in [0.25, 0.3) is 0 Å². The number of hydrogen-bond donors (Lipinski definition) is 2. The predicted molar refractivity (Wildman–Crippen MR) is 102 cm³/mol. The number of anilines is 1. The molecule has 0 bridgehead atoms. The molecule has 26 heavy (non-hydrogen) atoms. The van der Waals surface area contributed by atoms with E-state index < -0.39 is 9.72 Å². The van der Waals surface area contributed by atoms with Crippen LogP contribution in [-0.2, 0) is 16.1 Å². The van der Waals surface area contributed by atoms with Gasteiger partial charge < -0.3 is 4.74 Å². The molecule has 142 valence electrons. The van der Waals surface area contributed by atoms with E-state index in [0.717, 1.165) is 12.1 Å². The molecule has 9 nitrogen and oxygen atoms in total. The largest absolute Gasteiger partial charge is 0.481 e. The Hall–Kier alpha value is -1.82. The SMILES string of the molecule is COc1cc(NS(C)(=O)(O)N2CCC2)nc(SCCc2cnccn2)n1. The Labute approximate surface area is 156 Å². The molecule has 0 amide bonds. The molecule has 3 rings (SSSR count). The van der Waals surface area contributed by atoms with Gasteiger partial charge in [-0.05, 0) is 6.42 Å². The van der Waals surface area contributed by atoms with Gasteiger partial charge in [0.2, 0.25) is 5.88 Å². The maximum Gasteiger partial charge on any atom is 0.219 e. The van der Waals surface area contributed by atoms with Crippen molar-refractivity contribution in [1.29, 1.82) is 0 Å². The second kappa shape index (κ2) is 7.43. The normalized spacial score (nSPS) is 16.3. The van der Waals surface area contributed by atoms with E-state index in [2.05, 4.69) is 24.7 Å². The Morgan fingerprint density at radius 2 is 2.19 bits per heavy atom. The van der Waals surface area contributed by atoms with E-state index in [9.17, 15) is 8.76 Å². The zero-order chi connectivity index (χ0) is 18.6. The van der Waals surface area contributed by atoms with E-state index in [1.807, 2.05) is 0 Å². The van der Waals surface area contributed by atoms with Gasteiger partial charge in [-0.3, -0.25) is 19.2 Å². The van der Waals surface area contributed by atoms with Gasteiger partial charge in [-0.25, -0.2) is 4.98 Å². The third kappa shape index (κ3) is 4.67. The standard InChI is InChI=1S/C15H22N6O3S2/c1-24-14-10-13(20-26(2,22,23)21-7-3-8-21)18-15(19-14)25-9-4-12-11-16-5-6-17-12/h5-6,10-11H,3-4,7-9H2,1-2H3,(H2,18,19,20,22,23). The van der Waals surface area contributed by atoms with Gasteiger partial charge in [0.05, 0.1) is 19.1 Å². The van der Waals surface area contributed by atoms with Crippen LogP contribution in [0.15, 0.2) is 29.8 Å². The third-order valence-corrected chi connectivity index (χ3v) is 6.97. The number of rotatable bonds is 8. The molecule has 0 atom stereocenters. The highest BCUT2D eigenvalue weighted by molar-refractivity contribution is 8.13. The summed E-state index contributed by atoms with van der Waals surface area (Å²) in [7, 11) is -2.66. The van der Waals surface area contributed by atoms with E-state index >= 15 is 0 Å². The molecule has 0 spiro atoms. The first-order chi connectivity index (χ1) is 12.3. The highest BCUT2D eigenvalue weighted by Gasteiger charge is 2.34. The van der Waals surface area contributed by atoms with Crippen molar-refractivity contribution in [2.45, 2.75) is 18.0 Å². The molecule has 0 aromatic carbocycles. The Morgan fingerprint density at radius 3 is 2.81 bits per heavy atom. The van der Waals surface area contributed by atoms with Crippen LogP contribution in [0.25, 0.3) is 0 Å². The lowest BCUT2D eigenvalue weighted by Gasteiger charge is -2.52. The van der Waals surface area contributed by atoms with Crippen molar-refractivity contribution in [1.82, 2.24) is 24.2 Å². The molecule has 0 saturated carbocycles. The van der Waals surface area contributed by atoms with Crippen LogP contribution in [0.2, 0.25) is 0 Å². The van der Waals surface area contributed by atoms with Crippen LogP contribution >= 0.6 is 11.8 Å². The smallest absolute Gasteiger partial charge is 0.219 e. The van der Waals surface area contributed by atoms with Crippen LogP contribution in [0.3, 0.4) is 0 Å². The lowest BCUT2D eigenvalue weighted by molar-refractivity contribution is 0.280. The number of ether oxygens (including phenoxy) is 1. The van der Waals surface area contributed by atoms with Crippen LogP contribution in [0, 0.1) is 0 Å². The molecular weight excluding hydrogens is 376 g/mol. The molecule has 1 saturated heterocycles. The summed E-state index contributed by atoms with van der Waals surface area (Å²) in [5.41, 5.74) is 0.881. The Morgan fingerprint density at radius 1 is 1.38 bits per heavy atom. The van der Waals surface area contributed by atoms with Crippen molar-refractivity contribution >= 4 is 27.3 Å². The summed E-state index contributed by atoms with van der Waals surface area (Å²) in [5.74, 6) is 1.28. The van der Waals surface area contributed by atoms with E-state index in [-0.39, 0.29) is 5.82 Å². The molecule has 2 aromatic rings. The molecular formula is C15H22N6O3S2. The van der Waals surface area contributed by atoms with Crippen molar-refractivity contribution < 1.29 is 13.5 Å². The van der Waals surface area contributed by atoms with Crippen LogP contribution in [0.1, 0.15) is 12.1 Å². The van der Waals surface area contributed by atoms with Gasteiger partial charge in [-0.2, -0.15) is 13.5 Å². The first-order valence-corrected chi connectivity index (χ1v) is 11.4. The first kappa shape index (κ1) is 19.0. The number of nitrogens with one attached hydrogen (secondary N) is 1. The fourth-order valence-electron chi connectivity index (χ4n) is 2.35. The molecule has 1 aliphatic rings. The monoisotopic (exact) mass is 398 g/mol. The fraction of sp³-hybridized carbons (Fsp3) is 0.467. The minimum absolute atomic E-state index is 0.257. The van der Waals surface area contributed by atoms with E-state index in [1.54, 1.807) is 18.6 Å². The zero-order valence-corrected chi connectivity index (χ0v) is 16.3. The van der Waals surface area contributed by atoms with Crippen LogP contribution in [-0.4, -0.2) is 65.2 Å². The van der Waals surface area contributed by atoms with Gasteiger partial charge in [0.15, 0.2) is 11.0 Å². The van der Waals surface area contributed by atoms with Gasteiger partial charge >= 0.3 is 0 Å². The average Bonchev–Trinajstić information content (AvgIpc) is 2.52. The molecule has 2 N–H and O–H groups in total. The fourth-order valence-corrected chi connectivity index (χ4v) is 5.00. The van der Waals surface area contributed by atoms with Crippen molar-refractivity contribution in [3.8, 4) is 5.88 Å². The molecule has 1 fully saturated rings. The van der Waals surface area contributed by atoms with Gasteiger partial charge in [0.1, 0.15) is 0 Å². The molecule has 11 heteroatoms. The van der Waals surface area contributed by atoms with Gasteiger partial charge in [-0.15, -0.1) is 0 Å². The molecule has 0 radical (unpaired) electrons. The van der Waals surface area contributed by atoms with Gasteiger partial charge in [-0.1, -0.05) is 21.5 Å². The molecule has 0 aliphatic carbocycles. The first-order valence-electron chi connectivity index (χ1n) is 8.08. The van der Waals surface area contributed by atoms with Crippen LogP contribution in [0.4, 0.5) is 5.82 Å². The minimum atomic E-state index is -4.15. The summed E-state index contributed by atoms with van der Waals surface area (Å²) in [4.78, 5) is 16.9. The summed E-state index contributed by atoms with van der Waals surface area (Å²) in [6.45, 7) is 1.15. The molecule has 2 aromatic heterocycles. The second-order valence-corrected chi connectivity index (χ2v) is 10.2. The quantitative estimate of drug-likeness (QED) is 0.508. The third-order valence-electron chi connectivity index (χ3n) is 3.86. The maximum absolute atomic E-state index is 12.9. The number of thioether (sulfide) groups is 1. The average molecular weight is 399 g/mol. The van der Waals surface area contributed by atoms with Crippen molar-refractivity contribution in [3.63, 3.8) is 0 Å². The Balaban J connectivity index is 1.71. The summed E-state index contributed by atoms with van der Waals surface area (Å²) in [6.07, 6.45) is 7.91. The lowest BCUT2D eigenvalue weighted by Crippen LogP contribution is -2.60. The zero-order valence-electron chi connectivity index (χ0n) is 14.7. The summed E-state index contributed by atoms with van der Waals surface area (Å²) >= 11 is 1.42. The van der Waals surface area contributed by atoms with Gasteiger partial charge in [0, 0.05) is 49.9 Å². The second-order valence-electron chi connectivity index (χ2n) is 5.99.